The Morgan fingerprint density at radius 2 is 2.23 bits per heavy atom. The molecule has 0 spiro atoms. The van der Waals surface area contributed by atoms with Crippen LogP contribution < -0.4 is 4.74 Å². The number of hydrogen-bond acceptors (Lipinski definition) is 2. The van der Waals surface area contributed by atoms with Crippen molar-refractivity contribution in [3.05, 3.63) is 27.2 Å². The Bertz CT molecular complexity index is 351. The molecule has 1 aromatic carbocycles. The molecule has 0 atom stereocenters. The highest BCUT2D eigenvalue weighted by atomic mass is 79.9. The van der Waals surface area contributed by atoms with E-state index in [1.54, 1.807) is 6.07 Å². The molecule has 0 radical (unpaired) electrons. The quantitative estimate of drug-likeness (QED) is 0.894. The van der Waals surface area contributed by atoms with E-state index in [0.717, 1.165) is 0 Å². The molecular weight excluding hydrogens is 259 g/mol. The summed E-state index contributed by atoms with van der Waals surface area (Å²) in [6.07, 6.45) is 0. The number of carbonyl (C=O) groups is 1. The summed E-state index contributed by atoms with van der Waals surface area (Å²) in [6.45, 7) is 0. The Hall–Kier alpha value is -0.740. The van der Waals surface area contributed by atoms with E-state index in [0.29, 0.717) is 9.50 Å². The summed E-state index contributed by atoms with van der Waals surface area (Å²) in [4.78, 5) is 10.8. The molecule has 0 aliphatic carbocycles. The van der Waals surface area contributed by atoms with Crippen LogP contribution in [0.15, 0.2) is 16.6 Å². The highest BCUT2D eigenvalue weighted by Gasteiger charge is 2.17. The minimum Gasteiger partial charge on any atom is -0.496 e. The first-order valence-corrected chi connectivity index (χ1v) is 4.50. The maximum absolute atomic E-state index is 10.8. The Balaban J connectivity index is 3.41. The molecule has 1 N–H and O–H groups in total. The zero-order chi connectivity index (χ0) is 10.0. The molecule has 0 saturated carbocycles. The number of aromatic carboxylic acids is 1. The average Bonchev–Trinajstić information content (AvgIpc) is 2.08. The van der Waals surface area contributed by atoms with Gasteiger partial charge in [-0.05, 0) is 28.1 Å². The number of benzene rings is 1. The third-order valence-corrected chi connectivity index (χ3v) is 2.86. The third kappa shape index (κ3) is 1.95. The number of ether oxygens (including phenoxy) is 1. The summed E-state index contributed by atoms with van der Waals surface area (Å²) in [5.74, 6) is -0.796. The number of rotatable bonds is 2. The fourth-order valence-corrected chi connectivity index (χ4v) is 1.56. The lowest BCUT2D eigenvalue weighted by Crippen LogP contribution is -2.01. The van der Waals surface area contributed by atoms with E-state index >= 15 is 0 Å². The van der Waals surface area contributed by atoms with Crippen molar-refractivity contribution in [1.82, 2.24) is 0 Å². The van der Waals surface area contributed by atoms with Gasteiger partial charge in [0.1, 0.15) is 11.3 Å². The minimum atomic E-state index is -1.08. The van der Waals surface area contributed by atoms with Crippen LogP contribution in [-0.4, -0.2) is 18.2 Å². The molecule has 1 aromatic rings. The molecule has 0 bridgehead atoms. The maximum Gasteiger partial charge on any atom is 0.340 e. The first-order valence-electron chi connectivity index (χ1n) is 3.33. The van der Waals surface area contributed by atoms with Gasteiger partial charge in [-0.1, -0.05) is 11.6 Å². The lowest BCUT2D eigenvalue weighted by atomic mass is 10.2. The maximum atomic E-state index is 10.8. The molecule has 0 fully saturated rings. The van der Waals surface area contributed by atoms with Crippen LogP contribution >= 0.6 is 27.5 Å². The molecule has 13 heavy (non-hydrogen) atoms. The van der Waals surface area contributed by atoms with Gasteiger partial charge in [0.15, 0.2) is 0 Å². The first kappa shape index (κ1) is 10.3. The monoisotopic (exact) mass is 264 g/mol. The van der Waals surface area contributed by atoms with E-state index in [2.05, 4.69) is 15.9 Å². The smallest absolute Gasteiger partial charge is 0.340 e. The van der Waals surface area contributed by atoms with Gasteiger partial charge in [0, 0.05) is 0 Å². The summed E-state index contributed by atoms with van der Waals surface area (Å²) >= 11 is 8.80. The highest BCUT2D eigenvalue weighted by Crippen LogP contribution is 2.32. The molecule has 1 rings (SSSR count). The second-order valence-corrected chi connectivity index (χ2v) is 3.44. The van der Waals surface area contributed by atoms with Crippen LogP contribution in [0.25, 0.3) is 0 Å². The largest absolute Gasteiger partial charge is 0.496 e. The van der Waals surface area contributed by atoms with Crippen LogP contribution in [0, 0.1) is 0 Å². The molecule has 0 amide bonds. The fraction of sp³-hybridized carbons (Fsp3) is 0.125. The highest BCUT2D eigenvalue weighted by molar-refractivity contribution is 9.10. The van der Waals surface area contributed by atoms with E-state index in [-0.39, 0.29) is 11.3 Å². The van der Waals surface area contributed by atoms with Crippen molar-refractivity contribution in [2.75, 3.05) is 7.11 Å². The number of hydrogen-bond donors (Lipinski definition) is 1. The number of halogens is 2. The lowest BCUT2D eigenvalue weighted by molar-refractivity contribution is 0.0692. The zero-order valence-corrected chi connectivity index (χ0v) is 9.02. The van der Waals surface area contributed by atoms with Crippen LogP contribution in [0.1, 0.15) is 10.4 Å². The Labute approximate surface area is 88.4 Å². The van der Waals surface area contributed by atoms with E-state index in [1.807, 2.05) is 0 Å². The third-order valence-electron chi connectivity index (χ3n) is 1.49. The van der Waals surface area contributed by atoms with Crippen molar-refractivity contribution in [1.29, 1.82) is 0 Å². The van der Waals surface area contributed by atoms with Crippen LogP contribution in [0.2, 0.25) is 5.02 Å². The van der Waals surface area contributed by atoms with E-state index in [4.69, 9.17) is 21.4 Å². The Morgan fingerprint density at radius 1 is 1.62 bits per heavy atom. The first-order chi connectivity index (χ1) is 6.07. The predicted octanol–water partition coefficient (Wildman–Crippen LogP) is 2.81. The van der Waals surface area contributed by atoms with Gasteiger partial charge in [-0.15, -0.1) is 0 Å². The van der Waals surface area contributed by atoms with Gasteiger partial charge in [-0.25, -0.2) is 4.79 Å². The van der Waals surface area contributed by atoms with E-state index in [1.165, 1.54) is 13.2 Å². The van der Waals surface area contributed by atoms with Crippen LogP contribution in [0.4, 0.5) is 0 Å². The van der Waals surface area contributed by atoms with Gasteiger partial charge in [0.25, 0.3) is 0 Å². The van der Waals surface area contributed by atoms with Gasteiger partial charge >= 0.3 is 5.97 Å². The van der Waals surface area contributed by atoms with Crippen molar-refractivity contribution in [2.45, 2.75) is 0 Å². The van der Waals surface area contributed by atoms with Crippen LogP contribution in [-0.2, 0) is 0 Å². The molecule has 0 saturated heterocycles. The van der Waals surface area contributed by atoms with E-state index in [9.17, 15) is 4.79 Å². The number of methoxy groups -OCH3 is 1. The fourth-order valence-electron chi connectivity index (χ4n) is 0.902. The van der Waals surface area contributed by atoms with Gasteiger partial charge in [-0.3, -0.25) is 0 Å². The average molecular weight is 265 g/mol. The second-order valence-electron chi connectivity index (χ2n) is 2.24. The molecule has 5 heteroatoms. The van der Waals surface area contributed by atoms with Crippen molar-refractivity contribution >= 4 is 33.5 Å². The van der Waals surface area contributed by atoms with Crippen molar-refractivity contribution in [3.63, 3.8) is 0 Å². The standard InChI is InChI=1S/C8H6BrClO3/c1-13-5-3-2-4(10)7(9)6(5)8(11)12/h2-3H,1H3,(H,11,12). The number of carboxylic acids is 1. The summed E-state index contributed by atoms with van der Waals surface area (Å²) in [5, 5.41) is 9.18. The van der Waals surface area contributed by atoms with E-state index < -0.39 is 5.97 Å². The van der Waals surface area contributed by atoms with Gasteiger partial charge in [-0.2, -0.15) is 0 Å². The molecule has 0 aromatic heterocycles. The topological polar surface area (TPSA) is 46.5 Å². The second kappa shape index (κ2) is 3.98. The lowest BCUT2D eigenvalue weighted by Gasteiger charge is -2.07. The normalized spacial score (nSPS) is 9.77. The van der Waals surface area contributed by atoms with Crippen molar-refractivity contribution in [3.8, 4) is 5.75 Å². The molecule has 0 aliphatic heterocycles. The summed E-state index contributed by atoms with van der Waals surface area (Å²) in [7, 11) is 1.40. The van der Waals surface area contributed by atoms with Crippen LogP contribution in [0.5, 0.6) is 5.75 Å². The molecule has 0 heterocycles. The van der Waals surface area contributed by atoms with Gasteiger partial charge < -0.3 is 9.84 Å². The molecule has 3 nitrogen and oxygen atoms in total. The molecule has 0 unspecified atom stereocenters. The zero-order valence-electron chi connectivity index (χ0n) is 6.67. The predicted molar refractivity (Wildman–Crippen MR) is 52.7 cm³/mol. The molecule has 70 valence electrons. The summed E-state index contributed by atoms with van der Waals surface area (Å²) in [6, 6.07) is 3.08. The van der Waals surface area contributed by atoms with Crippen molar-refractivity contribution in [2.24, 2.45) is 0 Å². The molecular formula is C8H6BrClO3. The Morgan fingerprint density at radius 3 is 2.69 bits per heavy atom. The van der Waals surface area contributed by atoms with Gasteiger partial charge in [0.05, 0.1) is 16.6 Å². The molecule has 0 aliphatic rings. The summed E-state index contributed by atoms with van der Waals surface area (Å²) in [5.41, 5.74) is 0.0370. The Kier molecular flexibility index (Phi) is 3.17. The van der Waals surface area contributed by atoms with Crippen molar-refractivity contribution < 1.29 is 14.6 Å². The number of carboxylic acid groups (broad SMARTS) is 1. The SMILES string of the molecule is COc1ccc(Cl)c(Br)c1C(=O)O. The minimum absolute atomic E-state index is 0.0370. The van der Waals surface area contributed by atoms with Gasteiger partial charge in [0.2, 0.25) is 0 Å². The summed E-state index contributed by atoms with van der Waals surface area (Å²) < 4.78 is 5.21. The van der Waals surface area contributed by atoms with Crippen LogP contribution in [0.3, 0.4) is 0 Å².